The topological polar surface area (TPSA) is 52.1 Å². The fourth-order valence-electron chi connectivity index (χ4n) is 5.93. The molecule has 48 heavy (non-hydrogen) atoms. The van der Waals surface area contributed by atoms with Gasteiger partial charge < -0.3 is 8.83 Å². The first kappa shape index (κ1) is 27.9. The fraction of sp³-hybridized carbons (Fsp3) is 0. The van der Waals surface area contributed by atoms with Crippen LogP contribution in [-0.4, -0.2) is 9.97 Å². The van der Waals surface area contributed by atoms with E-state index in [9.17, 15) is 0 Å². The van der Waals surface area contributed by atoms with Crippen LogP contribution >= 0.6 is 45.3 Å². The predicted octanol–water partition coefficient (Wildman–Crippen LogP) is 13.4. The van der Waals surface area contributed by atoms with E-state index >= 15 is 0 Å². The van der Waals surface area contributed by atoms with Crippen molar-refractivity contribution >= 4 is 78.3 Å². The van der Waals surface area contributed by atoms with Crippen molar-refractivity contribution in [3.8, 4) is 61.9 Å². The monoisotopic (exact) mass is 690 g/mol. The summed E-state index contributed by atoms with van der Waals surface area (Å²) in [5.74, 6) is 1.27. The molecule has 0 radical (unpaired) electrons. The van der Waals surface area contributed by atoms with Gasteiger partial charge in [-0.1, -0.05) is 60.7 Å². The molecular formula is C40H22N2O2S4. The number of hydrogen-bond acceptors (Lipinski definition) is 8. The lowest BCUT2D eigenvalue weighted by molar-refractivity contribution is 0.621. The van der Waals surface area contributed by atoms with Gasteiger partial charge in [-0.2, -0.15) is 0 Å². The van der Waals surface area contributed by atoms with Crippen molar-refractivity contribution in [1.29, 1.82) is 0 Å². The molecule has 0 aliphatic carbocycles. The van der Waals surface area contributed by atoms with Crippen LogP contribution in [0.1, 0.15) is 0 Å². The van der Waals surface area contributed by atoms with E-state index in [-0.39, 0.29) is 0 Å². The van der Waals surface area contributed by atoms with E-state index in [0.717, 1.165) is 42.7 Å². The van der Waals surface area contributed by atoms with Crippen LogP contribution in [0.15, 0.2) is 142 Å². The second-order valence-electron chi connectivity index (χ2n) is 11.4. The minimum absolute atomic E-state index is 0.635. The highest BCUT2D eigenvalue weighted by Crippen LogP contribution is 2.43. The number of hydrogen-bond donors (Lipinski definition) is 0. The number of fused-ring (bicyclic) bond motifs is 3. The normalized spacial score (nSPS) is 11.8. The summed E-state index contributed by atoms with van der Waals surface area (Å²) in [6.45, 7) is 0. The summed E-state index contributed by atoms with van der Waals surface area (Å²) in [6.07, 6.45) is 0. The average Bonchev–Trinajstić information content (AvgIpc) is 3.97. The lowest BCUT2D eigenvalue weighted by Gasteiger charge is -1.96. The molecule has 0 aliphatic heterocycles. The molecule has 6 aromatic heterocycles. The number of nitrogens with zero attached hydrogens (tertiary/aromatic N) is 2. The van der Waals surface area contributed by atoms with Crippen LogP contribution < -0.4 is 0 Å². The molecule has 0 spiro atoms. The second-order valence-corrected chi connectivity index (χ2v) is 15.7. The lowest BCUT2D eigenvalue weighted by atomic mass is 10.1. The Bertz CT molecular complexity index is 2490. The average molecular weight is 691 g/mol. The van der Waals surface area contributed by atoms with E-state index in [1.807, 2.05) is 12.1 Å². The third-order valence-corrected chi connectivity index (χ3v) is 13.1. The van der Waals surface area contributed by atoms with Crippen molar-refractivity contribution in [3.63, 3.8) is 0 Å². The minimum atomic E-state index is 0.635. The molecule has 4 aromatic carbocycles. The highest BCUT2D eigenvalue weighted by molar-refractivity contribution is 7.25. The van der Waals surface area contributed by atoms with Gasteiger partial charge in [0.05, 0.1) is 9.75 Å². The first-order valence-electron chi connectivity index (χ1n) is 15.4. The molecular weight excluding hydrogens is 669 g/mol. The molecule has 0 atom stereocenters. The van der Waals surface area contributed by atoms with E-state index in [2.05, 4.69) is 121 Å². The third-order valence-electron chi connectivity index (χ3n) is 8.30. The Hall–Kier alpha value is -5.12. The van der Waals surface area contributed by atoms with Gasteiger partial charge in [-0.15, -0.1) is 45.3 Å². The molecule has 0 unspecified atom stereocenters. The zero-order valence-electron chi connectivity index (χ0n) is 25.0. The summed E-state index contributed by atoms with van der Waals surface area (Å²) in [5, 5.41) is 2.07. The fourth-order valence-corrected chi connectivity index (χ4v) is 10.00. The molecule has 10 aromatic rings. The largest absolute Gasteiger partial charge is 0.435 e. The molecule has 10 rings (SSSR count). The van der Waals surface area contributed by atoms with Crippen LogP contribution in [0.5, 0.6) is 0 Å². The van der Waals surface area contributed by atoms with Crippen LogP contribution in [0.25, 0.3) is 94.9 Å². The Kier molecular flexibility index (Phi) is 6.55. The number of thiophene rings is 4. The van der Waals surface area contributed by atoms with Gasteiger partial charge in [0.25, 0.3) is 0 Å². The highest BCUT2D eigenvalue weighted by atomic mass is 32.1. The van der Waals surface area contributed by atoms with E-state index in [1.165, 1.54) is 40.4 Å². The molecule has 0 saturated carbocycles. The van der Waals surface area contributed by atoms with Crippen molar-refractivity contribution in [3.05, 3.63) is 133 Å². The minimum Gasteiger partial charge on any atom is -0.435 e. The van der Waals surface area contributed by atoms with Gasteiger partial charge in [0.2, 0.25) is 11.8 Å². The quantitative estimate of drug-likeness (QED) is 0.174. The molecule has 0 N–H and O–H groups in total. The lowest BCUT2D eigenvalue weighted by Crippen LogP contribution is -1.76. The molecule has 0 saturated heterocycles. The number of oxazole rings is 2. The molecule has 0 fully saturated rings. The molecule has 0 aliphatic rings. The Morgan fingerprint density at radius 1 is 0.354 bits per heavy atom. The summed E-state index contributed by atoms with van der Waals surface area (Å²) in [5.41, 5.74) is 5.63. The van der Waals surface area contributed by atoms with Crippen LogP contribution in [0, 0.1) is 0 Å². The first-order chi connectivity index (χ1) is 23.7. The smallest absolute Gasteiger partial charge is 0.237 e. The first-order valence-corrected chi connectivity index (χ1v) is 18.6. The van der Waals surface area contributed by atoms with Crippen molar-refractivity contribution in [1.82, 2.24) is 9.97 Å². The maximum atomic E-state index is 6.31. The standard InChI is InChI=1S/C40H22N2O2S4/c1-3-7-23(8-4-1)31-11-13-33(45-31)35-15-17-37(47-35)39-41-27-19-25-22-30-28(20-26(25)21-29(27)43-39)42-40(44-30)38-18-16-36(48-38)34-14-12-32(46-34)24-9-5-2-6-10-24/h1-22H. The van der Waals surface area contributed by atoms with E-state index in [0.29, 0.717) is 11.8 Å². The maximum absolute atomic E-state index is 6.31. The Balaban J connectivity index is 0.929. The van der Waals surface area contributed by atoms with Crippen molar-refractivity contribution < 1.29 is 8.83 Å². The Labute approximate surface area is 290 Å². The summed E-state index contributed by atoms with van der Waals surface area (Å²) in [7, 11) is 0. The third kappa shape index (κ3) is 4.93. The Morgan fingerprint density at radius 2 is 0.708 bits per heavy atom. The van der Waals surface area contributed by atoms with Gasteiger partial charge in [-0.3, -0.25) is 0 Å². The van der Waals surface area contributed by atoms with Gasteiger partial charge in [-0.25, -0.2) is 9.97 Å². The van der Waals surface area contributed by atoms with Crippen molar-refractivity contribution in [2.75, 3.05) is 0 Å². The van der Waals surface area contributed by atoms with Gasteiger partial charge in [0, 0.05) is 29.3 Å². The zero-order valence-corrected chi connectivity index (χ0v) is 28.3. The van der Waals surface area contributed by atoms with Gasteiger partial charge in [0.1, 0.15) is 11.0 Å². The SMILES string of the molecule is c1ccc(-c2ccc(-c3ccc(-c4nc5cc6cc7oc(-c8ccc(-c9ccc(-c%10ccccc%10)s9)s8)nc7cc6cc5o4)s3)s2)cc1. The van der Waals surface area contributed by atoms with E-state index in [1.54, 1.807) is 45.3 Å². The predicted molar refractivity (Wildman–Crippen MR) is 203 cm³/mol. The Morgan fingerprint density at radius 3 is 1.12 bits per heavy atom. The summed E-state index contributed by atoms with van der Waals surface area (Å²) >= 11 is 7.00. The molecule has 0 bridgehead atoms. The van der Waals surface area contributed by atoms with Crippen LogP contribution in [0.4, 0.5) is 0 Å². The summed E-state index contributed by atoms with van der Waals surface area (Å²) in [6, 6.07) is 46.5. The molecule has 8 heteroatoms. The van der Waals surface area contributed by atoms with Crippen LogP contribution in [-0.2, 0) is 0 Å². The molecule has 228 valence electrons. The summed E-state index contributed by atoms with van der Waals surface area (Å²) in [4.78, 5) is 19.2. The maximum Gasteiger partial charge on any atom is 0.237 e. The van der Waals surface area contributed by atoms with Crippen molar-refractivity contribution in [2.45, 2.75) is 0 Å². The second kappa shape index (κ2) is 11.2. The van der Waals surface area contributed by atoms with Crippen molar-refractivity contribution in [2.24, 2.45) is 0 Å². The van der Waals surface area contributed by atoms with Gasteiger partial charge in [-0.05, 0) is 94.7 Å². The van der Waals surface area contributed by atoms with Gasteiger partial charge in [0.15, 0.2) is 11.2 Å². The highest BCUT2D eigenvalue weighted by Gasteiger charge is 2.17. The number of rotatable bonds is 6. The summed E-state index contributed by atoms with van der Waals surface area (Å²) < 4.78 is 12.6. The van der Waals surface area contributed by atoms with E-state index < -0.39 is 0 Å². The molecule has 4 nitrogen and oxygen atoms in total. The van der Waals surface area contributed by atoms with Crippen LogP contribution in [0.3, 0.4) is 0 Å². The number of benzene rings is 4. The van der Waals surface area contributed by atoms with Crippen LogP contribution in [0.2, 0.25) is 0 Å². The number of aromatic nitrogens is 2. The van der Waals surface area contributed by atoms with Gasteiger partial charge >= 0.3 is 0 Å². The van der Waals surface area contributed by atoms with E-state index in [4.69, 9.17) is 18.8 Å². The molecule has 0 amide bonds. The molecule has 6 heterocycles. The zero-order chi connectivity index (χ0) is 31.6.